The van der Waals surface area contributed by atoms with E-state index in [1.54, 1.807) is 12.1 Å². The second-order valence-electron chi connectivity index (χ2n) is 7.42. The van der Waals surface area contributed by atoms with Crippen molar-refractivity contribution >= 4 is 11.6 Å². The van der Waals surface area contributed by atoms with E-state index in [9.17, 15) is 14.7 Å². The molecule has 0 aliphatic heterocycles. The van der Waals surface area contributed by atoms with Crippen molar-refractivity contribution in [1.29, 1.82) is 0 Å². The molecule has 0 bridgehead atoms. The van der Waals surface area contributed by atoms with Crippen LogP contribution in [0.2, 0.25) is 0 Å². The third-order valence-corrected chi connectivity index (χ3v) is 5.16. The van der Waals surface area contributed by atoms with Gasteiger partial charge in [0, 0.05) is 11.3 Å². The molecule has 1 aromatic carbocycles. The van der Waals surface area contributed by atoms with E-state index in [0.29, 0.717) is 16.9 Å². The van der Waals surface area contributed by atoms with Gasteiger partial charge in [-0.2, -0.15) is 0 Å². The second kappa shape index (κ2) is 5.03. The highest BCUT2D eigenvalue weighted by Crippen LogP contribution is 2.44. The number of fused-ring (bicyclic) bond motifs is 1. The number of nitrogens with zero attached hydrogens (tertiary/aromatic N) is 1. The molecule has 0 saturated heterocycles. The third kappa shape index (κ3) is 2.19. The lowest BCUT2D eigenvalue weighted by Gasteiger charge is -2.30. The predicted molar refractivity (Wildman–Crippen MR) is 86.4 cm³/mol. The monoisotopic (exact) mass is 325 g/mol. The van der Waals surface area contributed by atoms with Gasteiger partial charge in [0.05, 0.1) is 22.9 Å². The van der Waals surface area contributed by atoms with Crippen LogP contribution in [0.25, 0.3) is 0 Å². The number of carbonyl (C=O) groups is 2. The van der Waals surface area contributed by atoms with Gasteiger partial charge in [0.1, 0.15) is 5.75 Å². The largest absolute Gasteiger partial charge is 0.506 e. The highest BCUT2D eigenvalue weighted by Gasteiger charge is 2.38. The van der Waals surface area contributed by atoms with Crippen molar-refractivity contribution < 1.29 is 19.2 Å². The van der Waals surface area contributed by atoms with E-state index in [2.05, 4.69) is 5.16 Å². The van der Waals surface area contributed by atoms with Gasteiger partial charge in [-0.15, -0.1) is 0 Å². The van der Waals surface area contributed by atoms with Crippen LogP contribution >= 0.6 is 0 Å². The van der Waals surface area contributed by atoms with Crippen LogP contribution in [0.4, 0.5) is 0 Å². The van der Waals surface area contributed by atoms with Crippen molar-refractivity contribution in [2.45, 2.75) is 45.4 Å². The molecule has 0 unspecified atom stereocenters. The summed E-state index contributed by atoms with van der Waals surface area (Å²) < 4.78 is 5.22. The number of aryl methyl sites for hydroxylation is 1. The number of ketones is 2. The van der Waals surface area contributed by atoms with Gasteiger partial charge in [-0.25, -0.2) is 0 Å². The smallest absolute Gasteiger partial charge is 0.201 e. The van der Waals surface area contributed by atoms with E-state index in [1.165, 1.54) is 6.20 Å². The molecule has 1 saturated carbocycles. The quantitative estimate of drug-likeness (QED) is 0.871. The lowest BCUT2D eigenvalue weighted by molar-refractivity contribution is 0.0807. The molecule has 5 heteroatoms. The van der Waals surface area contributed by atoms with Gasteiger partial charge in [-0.1, -0.05) is 25.1 Å². The molecule has 5 nitrogen and oxygen atoms in total. The Morgan fingerprint density at radius 3 is 2.75 bits per heavy atom. The van der Waals surface area contributed by atoms with E-state index in [4.69, 9.17) is 4.52 Å². The Morgan fingerprint density at radius 1 is 1.29 bits per heavy atom. The van der Waals surface area contributed by atoms with Crippen molar-refractivity contribution in [2.24, 2.45) is 5.41 Å². The van der Waals surface area contributed by atoms with E-state index < -0.39 is 5.41 Å². The summed E-state index contributed by atoms with van der Waals surface area (Å²) in [4.78, 5) is 25.6. The Morgan fingerprint density at radius 2 is 2.04 bits per heavy atom. The maximum Gasteiger partial charge on any atom is 0.201 e. The van der Waals surface area contributed by atoms with Crippen LogP contribution in [0.5, 0.6) is 5.75 Å². The molecule has 124 valence electrons. The van der Waals surface area contributed by atoms with Crippen molar-refractivity contribution in [3.8, 4) is 5.75 Å². The zero-order chi connectivity index (χ0) is 17.1. The maximum atomic E-state index is 12.9. The molecule has 0 spiro atoms. The number of phenolic OH excluding ortho intramolecular Hbond substituents is 1. The Bertz CT molecular complexity index is 858. The number of Topliss-reactive ketones (excluding diaryl/α,β-unsaturated/α-hetero) is 1. The third-order valence-electron chi connectivity index (χ3n) is 5.16. The molecule has 0 amide bonds. The molecular formula is C19H19NO4. The van der Waals surface area contributed by atoms with Gasteiger partial charge in [-0.05, 0) is 37.3 Å². The number of hydrogen-bond donors (Lipinski definition) is 1. The molecule has 0 atom stereocenters. The molecule has 1 fully saturated rings. The van der Waals surface area contributed by atoms with Crippen molar-refractivity contribution in [1.82, 2.24) is 5.16 Å². The Labute approximate surface area is 139 Å². The van der Waals surface area contributed by atoms with Gasteiger partial charge in [-0.3, -0.25) is 9.59 Å². The first kappa shape index (κ1) is 15.1. The number of hydrogen-bond acceptors (Lipinski definition) is 5. The minimum atomic E-state index is -0.525. The molecule has 2 aliphatic carbocycles. The summed E-state index contributed by atoms with van der Waals surface area (Å²) in [7, 11) is 0. The lowest BCUT2D eigenvalue weighted by atomic mass is 9.72. The minimum absolute atomic E-state index is 0.108. The first-order chi connectivity index (χ1) is 11.4. The number of aromatic nitrogens is 1. The first-order valence-electron chi connectivity index (χ1n) is 8.29. The van der Waals surface area contributed by atoms with Crippen LogP contribution in [0.1, 0.15) is 76.6 Å². The number of benzene rings is 1. The molecule has 0 radical (unpaired) electrons. The Balaban J connectivity index is 1.80. The molecular weight excluding hydrogens is 306 g/mol. The molecule has 1 aromatic heterocycles. The maximum absolute atomic E-state index is 12.9. The molecule has 2 aromatic rings. The van der Waals surface area contributed by atoms with E-state index >= 15 is 0 Å². The summed E-state index contributed by atoms with van der Waals surface area (Å²) in [6.45, 7) is 3.74. The lowest BCUT2D eigenvalue weighted by Crippen LogP contribution is -2.30. The van der Waals surface area contributed by atoms with Crippen LogP contribution in [-0.2, 0) is 6.42 Å². The average Bonchev–Trinajstić information content (AvgIpc) is 3.27. The SMILES string of the molecule is CC1(C)CCc2ccc(C(=O)c3cnoc3C3CC3)c(O)c2C1=O. The van der Waals surface area contributed by atoms with Crippen LogP contribution < -0.4 is 0 Å². The summed E-state index contributed by atoms with van der Waals surface area (Å²) in [6, 6.07) is 3.38. The van der Waals surface area contributed by atoms with Crippen molar-refractivity contribution in [3.63, 3.8) is 0 Å². The van der Waals surface area contributed by atoms with Crippen LogP contribution in [0.3, 0.4) is 0 Å². The molecule has 1 heterocycles. The van der Waals surface area contributed by atoms with Gasteiger partial charge in [0.15, 0.2) is 11.5 Å². The molecule has 4 rings (SSSR count). The molecule has 24 heavy (non-hydrogen) atoms. The van der Waals surface area contributed by atoms with Gasteiger partial charge >= 0.3 is 0 Å². The summed E-state index contributed by atoms with van der Waals surface area (Å²) in [5.74, 6) is 0.173. The van der Waals surface area contributed by atoms with Gasteiger partial charge in [0.2, 0.25) is 5.78 Å². The standard InChI is InChI=1S/C19H19NO4/c1-19(2)8-7-10-5-6-12(16(22)14(10)18(19)23)15(21)13-9-20-24-17(13)11-3-4-11/h5-6,9,11,22H,3-4,7-8H2,1-2H3. The second-order valence-corrected chi connectivity index (χ2v) is 7.42. The van der Waals surface area contributed by atoms with Crippen molar-refractivity contribution in [3.05, 3.63) is 46.3 Å². The Kier molecular flexibility index (Phi) is 3.17. The van der Waals surface area contributed by atoms with Crippen LogP contribution in [0.15, 0.2) is 22.9 Å². The van der Waals surface area contributed by atoms with E-state index in [0.717, 1.165) is 31.2 Å². The number of rotatable bonds is 3. The summed E-state index contributed by atoms with van der Waals surface area (Å²) in [5, 5.41) is 14.4. The number of carbonyl (C=O) groups excluding carboxylic acids is 2. The van der Waals surface area contributed by atoms with Crippen LogP contribution in [0, 0.1) is 5.41 Å². The zero-order valence-electron chi connectivity index (χ0n) is 13.8. The normalized spacial score (nSPS) is 19.2. The first-order valence-corrected chi connectivity index (χ1v) is 8.29. The summed E-state index contributed by atoms with van der Waals surface area (Å²) in [5.41, 5.74) is 1.10. The van der Waals surface area contributed by atoms with E-state index in [1.807, 2.05) is 13.8 Å². The highest BCUT2D eigenvalue weighted by molar-refractivity contribution is 6.14. The predicted octanol–water partition coefficient (Wildman–Crippen LogP) is 3.64. The van der Waals surface area contributed by atoms with Crippen LogP contribution in [-0.4, -0.2) is 21.8 Å². The fourth-order valence-corrected chi connectivity index (χ4v) is 3.38. The van der Waals surface area contributed by atoms with Crippen molar-refractivity contribution in [2.75, 3.05) is 0 Å². The molecule has 1 N–H and O–H groups in total. The van der Waals surface area contributed by atoms with Gasteiger partial charge in [0.25, 0.3) is 0 Å². The Hall–Kier alpha value is -2.43. The summed E-state index contributed by atoms with van der Waals surface area (Å²) in [6.07, 6.45) is 4.83. The topological polar surface area (TPSA) is 80.4 Å². The highest BCUT2D eigenvalue weighted by atomic mass is 16.5. The van der Waals surface area contributed by atoms with Gasteiger partial charge < -0.3 is 9.63 Å². The number of aromatic hydroxyl groups is 1. The zero-order valence-corrected chi connectivity index (χ0v) is 13.8. The minimum Gasteiger partial charge on any atom is -0.506 e. The fraction of sp³-hybridized carbons (Fsp3) is 0.421. The summed E-state index contributed by atoms with van der Waals surface area (Å²) >= 11 is 0. The molecule has 2 aliphatic rings. The van der Waals surface area contributed by atoms with E-state index in [-0.39, 0.29) is 28.8 Å². The fourth-order valence-electron chi connectivity index (χ4n) is 3.38. The number of phenols is 1. The average molecular weight is 325 g/mol.